The molecule has 1 aromatic carbocycles. The second kappa shape index (κ2) is 8.39. The fourth-order valence-corrected chi connectivity index (χ4v) is 4.13. The van der Waals surface area contributed by atoms with E-state index in [0.717, 1.165) is 48.5 Å². The normalized spacial score (nSPS) is 14.8. The lowest BCUT2D eigenvalue weighted by Gasteiger charge is -2.27. The van der Waals surface area contributed by atoms with Crippen LogP contribution in [0, 0.1) is 5.82 Å². The Bertz CT molecular complexity index is 1160. The van der Waals surface area contributed by atoms with Gasteiger partial charge in [0.2, 0.25) is 5.95 Å². The molecule has 9 heteroatoms. The number of aromatic nitrogens is 4. The molecule has 0 aliphatic carbocycles. The summed E-state index contributed by atoms with van der Waals surface area (Å²) in [6, 6.07) is 9.54. The van der Waals surface area contributed by atoms with Gasteiger partial charge in [0.05, 0.1) is 21.9 Å². The number of anilines is 2. The molecule has 1 aliphatic rings. The van der Waals surface area contributed by atoms with Crippen LogP contribution in [0.2, 0.25) is 0 Å². The summed E-state index contributed by atoms with van der Waals surface area (Å²) in [7, 11) is 0. The summed E-state index contributed by atoms with van der Waals surface area (Å²) in [5, 5.41) is 6.42. The lowest BCUT2D eigenvalue weighted by Crippen LogP contribution is -2.42. The smallest absolute Gasteiger partial charge is 0.229 e. The van der Waals surface area contributed by atoms with Crippen LogP contribution in [-0.2, 0) is 6.54 Å². The first-order valence-corrected chi connectivity index (χ1v) is 10.6. The molecule has 0 radical (unpaired) electrons. The van der Waals surface area contributed by atoms with E-state index < -0.39 is 5.82 Å². The molecule has 4 heterocycles. The molecular weight excluding hydrogens is 401 g/mol. The maximum atomic E-state index is 14.4. The predicted octanol–water partition coefficient (Wildman–Crippen LogP) is 3.44. The van der Waals surface area contributed by atoms with Crippen molar-refractivity contribution in [3.8, 4) is 11.3 Å². The fraction of sp³-hybridized carbons (Fsp3) is 0.238. The van der Waals surface area contributed by atoms with Gasteiger partial charge in [-0.15, -0.1) is 11.3 Å². The topological polar surface area (TPSA) is 78.9 Å². The van der Waals surface area contributed by atoms with Crippen molar-refractivity contribution in [3.05, 3.63) is 59.6 Å². The van der Waals surface area contributed by atoms with Crippen LogP contribution in [0.1, 0.15) is 5.56 Å². The molecule has 1 fully saturated rings. The number of halogens is 1. The quantitative estimate of drug-likeness (QED) is 0.511. The molecule has 5 rings (SSSR count). The van der Waals surface area contributed by atoms with Crippen molar-refractivity contribution >= 4 is 33.3 Å². The minimum Gasteiger partial charge on any atom is -0.314 e. The third-order valence-corrected chi connectivity index (χ3v) is 5.84. The SMILES string of the molecule is Fc1cnc(Nc2ccc(CN3CCNCC3)cn2)nc1-c1ccc2scnc2c1. The van der Waals surface area contributed by atoms with Gasteiger partial charge in [-0.25, -0.2) is 24.3 Å². The van der Waals surface area contributed by atoms with Gasteiger partial charge >= 0.3 is 0 Å². The second-order valence-corrected chi connectivity index (χ2v) is 8.01. The molecule has 30 heavy (non-hydrogen) atoms. The molecule has 0 saturated carbocycles. The van der Waals surface area contributed by atoms with E-state index in [2.05, 4.69) is 35.5 Å². The molecule has 0 bridgehead atoms. The van der Waals surface area contributed by atoms with Gasteiger partial charge in [-0.05, 0) is 23.8 Å². The Morgan fingerprint density at radius 2 is 1.97 bits per heavy atom. The number of nitrogens with one attached hydrogen (secondary N) is 2. The number of hydrogen-bond donors (Lipinski definition) is 2. The number of pyridine rings is 1. The highest BCUT2D eigenvalue weighted by Crippen LogP contribution is 2.27. The van der Waals surface area contributed by atoms with Crippen molar-refractivity contribution < 1.29 is 4.39 Å². The van der Waals surface area contributed by atoms with Crippen LogP contribution in [0.5, 0.6) is 0 Å². The van der Waals surface area contributed by atoms with Crippen LogP contribution in [0.25, 0.3) is 21.5 Å². The van der Waals surface area contributed by atoms with Gasteiger partial charge in [0.25, 0.3) is 0 Å². The number of piperazine rings is 1. The maximum Gasteiger partial charge on any atom is 0.229 e. The number of thiazole rings is 1. The van der Waals surface area contributed by atoms with Gasteiger partial charge < -0.3 is 10.6 Å². The average Bonchev–Trinajstić information content (AvgIpc) is 3.25. The molecule has 152 valence electrons. The van der Waals surface area contributed by atoms with Crippen molar-refractivity contribution in [2.45, 2.75) is 6.54 Å². The zero-order valence-electron chi connectivity index (χ0n) is 16.2. The first kappa shape index (κ1) is 19.0. The van der Waals surface area contributed by atoms with Crippen LogP contribution >= 0.6 is 11.3 Å². The van der Waals surface area contributed by atoms with Gasteiger partial charge in [-0.2, -0.15) is 0 Å². The first-order chi connectivity index (χ1) is 14.7. The Morgan fingerprint density at radius 1 is 1.07 bits per heavy atom. The molecule has 0 unspecified atom stereocenters. The van der Waals surface area contributed by atoms with E-state index in [0.29, 0.717) is 17.3 Å². The number of rotatable bonds is 5. The van der Waals surface area contributed by atoms with Crippen LogP contribution in [0.15, 0.2) is 48.2 Å². The molecule has 0 atom stereocenters. The van der Waals surface area contributed by atoms with E-state index in [9.17, 15) is 4.39 Å². The molecule has 7 nitrogen and oxygen atoms in total. The molecule has 0 spiro atoms. The van der Waals surface area contributed by atoms with Gasteiger partial charge in [-0.3, -0.25) is 4.90 Å². The molecular formula is C21H20FN7S. The summed E-state index contributed by atoms with van der Waals surface area (Å²) in [5.41, 5.74) is 4.65. The van der Waals surface area contributed by atoms with Gasteiger partial charge in [0.15, 0.2) is 5.82 Å². The van der Waals surface area contributed by atoms with E-state index in [-0.39, 0.29) is 5.69 Å². The van der Waals surface area contributed by atoms with Crippen LogP contribution in [0.3, 0.4) is 0 Å². The minimum absolute atomic E-state index is 0.234. The summed E-state index contributed by atoms with van der Waals surface area (Å²) < 4.78 is 15.5. The number of hydrogen-bond acceptors (Lipinski definition) is 8. The largest absolute Gasteiger partial charge is 0.314 e. The van der Waals surface area contributed by atoms with E-state index in [1.54, 1.807) is 16.8 Å². The Morgan fingerprint density at radius 3 is 2.80 bits per heavy atom. The predicted molar refractivity (Wildman–Crippen MR) is 116 cm³/mol. The highest BCUT2D eigenvalue weighted by atomic mass is 32.1. The first-order valence-electron chi connectivity index (χ1n) is 9.76. The Kier molecular flexibility index (Phi) is 5.31. The van der Waals surface area contributed by atoms with Crippen molar-refractivity contribution in [1.82, 2.24) is 30.2 Å². The van der Waals surface area contributed by atoms with Crippen molar-refractivity contribution in [3.63, 3.8) is 0 Å². The molecule has 2 N–H and O–H groups in total. The van der Waals surface area contributed by atoms with E-state index in [1.165, 1.54) is 6.20 Å². The minimum atomic E-state index is -0.477. The molecule has 4 aromatic rings. The number of benzene rings is 1. The molecule has 3 aromatic heterocycles. The standard InChI is InChI=1S/C21H20FN7S/c22-16-11-25-21(28-20(16)15-2-3-18-17(9-15)26-13-30-18)27-19-4-1-14(10-24-19)12-29-7-5-23-6-8-29/h1-4,9-11,13,23H,5-8,12H2,(H,24,25,27,28). The molecule has 0 amide bonds. The van der Waals surface area contributed by atoms with E-state index in [1.807, 2.05) is 36.5 Å². The van der Waals surface area contributed by atoms with Crippen LogP contribution in [-0.4, -0.2) is 51.0 Å². The van der Waals surface area contributed by atoms with Crippen molar-refractivity contribution in [2.24, 2.45) is 0 Å². The fourth-order valence-electron chi connectivity index (χ4n) is 3.47. The average molecular weight is 422 g/mol. The summed E-state index contributed by atoms with van der Waals surface area (Å²) >= 11 is 1.55. The van der Waals surface area contributed by atoms with Crippen molar-refractivity contribution in [2.75, 3.05) is 31.5 Å². The summed E-state index contributed by atoms with van der Waals surface area (Å²) in [6.07, 6.45) is 3.03. The van der Waals surface area contributed by atoms with E-state index in [4.69, 9.17) is 0 Å². The lowest BCUT2D eigenvalue weighted by molar-refractivity contribution is 0.233. The van der Waals surface area contributed by atoms with Crippen LogP contribution in [0.4, 0.5) is 16.2 Å². The van der Waals surface area contributed by atoms with Gasteiger partial charge in [0, 0.05) is 44.5 Å². The zero-order chi connectivity index (χ0) is 20.3. The maximum absolute atomic E-state index is 14.4. The Hall–Kier alpha value is -3.01. The molecule has 1 aliphatic heterocycles. The third kappa shape index (κ3) is 4.13. The van der Waals surface area contributed by atoms with Crippen LogP contribution < -0.4 is 10.6 Å². The van der Waals surface area contributed by atoms with E-state index >= 15 is 0 Å². The van der Waals surface area contributed by atoms with Crippen molar-refractivity contribution in [1.29, 1.82) is 0 Å². The Balaban J connectivity index is 1.33. The van der Waals surface area contributed by atoms with Gasteiger partial charge in [-0.1, -0.05) is 12.1 Å². The number of nitrogens with zero attached hydrogens (tertiary/aromatic N) is 5. The molecule has 1 saturated heterocycles. The monoisotopic (exact) mass is 421 g/mol. The summed E-state index contributed by atoms with van der Waals surface area (Å²) in [6.45, 7) is 5.00. The highest BCUT2D eigenvalue weighted by molar-refractivity contribution is 7.16. The Labute approximate surface area is 177 Å². The van der Waals surface area contributed by atoms with Gasteiger partial charge in [0.1, 0.15) is 11.5 Å². The zero-order valence-corrected chi connectivity index (χ0v) is 17.0. The highest BCUT2D eigenvalue weighted by Gasteiger charge is 2.13. The lowest BCUT2D eigenvalue weighted by atomic mass is 10.1. The number of fused-ring (bicyclic) bond motifs is 1. The summed E-state index contributed by atoms with van der Waals surface area (Å²) in [5.74, 6) is 0.438. The summed E-state index contributed by atoms with van der Waals surface area (Å²) in [4.78, 5) is 19.6. The second-order valence-electron chi connectivity index (χ2n) is 7.13. The third-order valence-electron chi connectivity index (χ3n) is 5.03.